The molecule has 0 fully saturated rings. The van der Waals surface area contributed by atoms with Crippen LogP contribution in [-0.2, 0) is 0 Å². The lowest BCUT2D eigenvalue weighted by atomic mass is 10.2. The van der Waals surface area contributed by atoms with Crippen LogP contribution in [0.3, 0.4) is 0 Å². The number of carbonyl (C=O) groups excluding carboxylic acids is 1. The highest BCUT2D eigenvalue weighted by molar-refractivity contribution is 5.95. The van der Waals surface area contributed by atoms with E-state index in [9.17, 15) is 9.59 Å². The van der Waals surface area contributed by atoms with Gasteiger partial charge in [0, 0.05) is 5.69 Å². The van der Waals surface area contributed by atoms with E-state index in [4.69, 9.17) is 0 Å². The summed E-state index contributed by atoms with van der Waals surface area (Å²) in [6, 6.07) is 25.2. The number of amides is 2. The molecule has 0 unspecified atom stereocenters. The van der Waals surface area contributed by atoms with Gasteiger partial charge in [-0.2, -0.15) is 4.68 Å². The predicted octanol–water partition coefficient (Wildman–Crippen LogP) is 4.34. The highest BCUT2D eigenvalue weighted by Crippen LogP contribution is 2.11. The molecule has 0 bridgehead atoms. The zero-order valence-electron chi connectivity index (χ0n) is 15.4. The van der Waals surface area contributed by atoms with Gasteiger partial charge in [-0.3, -0.25) is 4.79 Å². The van der Waals surface area contributed by atoms with E-state index in [2.05, 4.69) is 15.7 Å². The molecule has 6 nitrogen and oxygen atoms in total. The number of benzene rings is 3. The first kappa shape index (κ1) is 18.2. The molecule has 29 heavy (non-hydrogen) atoms. The normalized spacial score (nSPS) is 10.9. The molecule has 0 spiro atoms. The number of carbonyl (C=O) groups is 1. The molecular weight excluding hydrogens is 364 g/mol. The molecule has 0 aliphatic carbocycles. The maximum atomic E-state index is 13.0. The van der Waals surface area contributed by atoms with Crippen LogP contribution >= 0.6 is 0 Å². The first-order chi connectivity index (χ1) is 14.2. The number of anilines is 1. The van der Waals surface area contributed by atoms with Gasteiger partial charge >= 0.3 is 6.03 Å². The van der Waals surface area contributed by atoms with Crippen LogP contribution in [0, 0.1) is 0 Å². The number of hydrogen-bond donors (Lipinski definition) is 2. The zero-order chi connectivity index (χ0) is 20.1. The van der Waals surface area contributed by atoms with Gasteiger partial charge < -0.3 is 5.32 Å². The molecule has 0 saturated heterocycles. The number of para-hydroxylation sites is 2. The fraction of sp³-hybridized carbons (Fsp3) is 0. The van der Waals surface area contributed by atoms with Crippen molar-refractivity contribution < 1.29 is 4.79 Å². The van der Waals surface area contributed by atoms with Gasteiger partial charge in [0.1, 0.15) is 0 Å². The third kappa shape index (κ3) is 4.22. The summed E-state index contributed by atoms with van der Waals surface area (Å²) in [7, 11) is 0. The van der Waals surface area contributed by atoms with Crippen molar-refractivity contribution in [2.75, 3.05) is 10.7 Å². The Morgan fingerprint density at radius 3 is 2.24 bits per heavy atom. The van der Waals surface area contributed by atoms with Crippen molar-refractivity contribution in [3.8, 4) is 0 Å². The Hall–Kier alpha value is -4.19. The lowest BCUT2D eigenvalue weighted by Crippen LogP contribution is -2.37. The minimum atomic E-state index is -0.537. The van der Waals surface area contributed by atoms with E-state index in [0.29, 0.717) is 22.4 Å². The Morgan fingerprint density at radius 2 is 1.48 bits per heavy atom. The summed E-state index contributed by atoms with van der Waals surface area (Å²) >= 11 is 0. The Morgan fingerprint density at radius 1 is 0.828 bits per heavy atom. The summed E-state index contributed by atoms with van der Waals surface area (Å²) in [5, 5.41) is 3.13. The summed E-state index contributed by atoms with van der Waals surface area (Å²) in [6.07, 6.45) is 3.54. The fourth-order valence-corrected chi connectivity index (χ4v) is 2.89. The van der Waals surface area contributed by atoms with Crippen LogP contribution in [0.2, 0.25) is 0 Å². The van der Waals surface area contributed by atoms with Gasteiger partial charge in [-0.1, -0.05) is 66.7 Å². The molecule has 6 heteroatoms. The van der Waals surface area contributed by atoms with Crippen LogP contribution in [0.15, 0.2) is 89.7 Å². The number of hydrogen-bond acceptors (Lipinski definition) is 3. The van der Waals surface area contributed by atoms with E-state index in [0.717, 1.165) is 10.2 Å². The molecule has 4 aromatic rings. The fourth-order valence-electron chi connectivity index (χ4n) is 2.89. The number of fused-ring (bicyclic) bond motifs is 1. The van der Waals surface area contributed by atoms with Crippen molar-refractivity contribution in [1.29, 1.82) is 0 Å². The summed E-state index contributed by atoms with van der Waals surface area (Å²) in [4.78, 5) is 30.0. The molecule has 4 rings (SSSR count). The smallest absolute Gasteiger partial charge is 0.307 e. The molecule has 0 atom stereocenters. The van der Waals surface area contributed by atoms with Crippen LogP contribution in [-0.4, -0.2) is 15.7 Å². The Balaban J connectivity index is 1.72. The van der Waals surface area contributed by atoms with Crippen molar-refractivity contribution in [2.45, 2.75) is 0 Å². The quantitative estimate of drug-likeness (QED) is 0.551. The van der Waals surface area contributed by atoms with Gasteiger partial charge in [0.25, 0.3) is 5.56 Å². The minimum absolute atomic E-state index is 0.320. The third-order valence-electron chi connectivity index (χ3n) is 4.27. The SMILES string of the molecule is O=C(Nc1ccccc1)Nn1c(/C=C/c2ccccc2)nc2ccccc2c1=O. The molecule has 3 aromatic carbocycles. The second kappa shape index (κ2) is 8.22. The van der Waals surface area contributed by atoms with Gasteiger partial charge in [-0.25, -0.2) is 15.2 Å². The number of rotatable bonds is 4. The van der Waals surface area contributed by atoms with Crippen molar-refractivity contribution in [3.05, 3.63) is 107 Å². The van der Waals surface area contributed by atoms with Crippen molar-refractivity contribution in [3.63, 3.8) is 0 Å². The highest BCUT2D eigenvalue weighted by Gasteiger charge is 2.12. The molecular formula is C23H18N4O2. The number of aromatic nitrogens is 2. The molecule has 0 aliphatic rings. The van der Waals surface area contributed by atoms with E-state index in [-0.39, 0.29) is 5.56 Å². The Labute approximate surface area is 167 Å². The average molecular weight is 382 g/mol. The lowest BCUT2D eigenvalue weighted by molar-refractivity contribution is 0.259. The van der Waals surface area contributed by atoms with Crippen LogP contribution in [0.4, 0.5) is 10.5 Å². The van der Waals surface area contributed by atoms with Crippen LogP contribution < -0.4 is 16.3 Å². The number of nitrogens with zero attached hydrogens (tertiary/aromatic N) is 2. The standard InChI is InChI=1S/C23H18N4O2/c28-22-19-13-7-8-14-20(19)25-21(16-15-17-9-3-1-4-10-17)27(22)26-23(29)24-18-11-5-2-6-12-18/h1-16H,(H2,24,26,29)/b16-15+. The molecule has 0 radical (unpaired) electrons. The largest absolute Gasteiger partial charge is 0.338 e. The zero-order valence-corrected chi connectivity index (χ0v) is 15.4. The van der Waals surface area contributed by atoms with Crippen molar-refractivity contribution in [1.82, 2.24) is 9.66 Å². The van der Waals surface area contributed by atoms with Gasteiger partial charge in [-0.05, 0) is 35.9 Å². The lowest BCUT2D eigenvalue weighted by Gasteiger charge is -2.13. The Kier molecular flexibility index (Phi) is 5.16. The third-order valence-corrected chi connectivity index (χ3v) is 4.27. The first-order valence-electron chi connectivity index (χ1n) is 9.09. The van der Waals surface area contributed by atoms with Gasteiger partial charge in [0.15, 0.2) is 5.82 Å². The second-order valence-corrected chi connectivity index (χ2v) is 6.30. The van der Waals surface area contributed by atoms with Crippen molar-refractivity contribution in [2.24, 2.45) is 0 Å². The monoisotopic (exact) mass is 382 g/mol. The van der Waals surface area contributed by atoms with E-state index < -0.39 is 6.03 Å². The second-order valence-electron chi connectivity index (χ2n) is 6.30. The molecule has 1 aromatic heterocycles. The molecule has 1 heterocycles. The summed E-state index contributed by atoms with van der Waals surface area (Å²) in [5.74, 6) is 0.320. The van der Waals surface area contributed by atoms with E-state index >= 15 is 0 Å². The van der Waals surface area contributed by atoms with Crippen LogP contribution in [0.25, 0.3) is 23.1 Å². The van der Waals surface area contributed by atoms with Crippen LogP contribution in [0.1, 0.15) is 11.4 Å². The first-order valence-corrected chi connectivity index (χ1v) is 9.09. The predicted molar refractivity (Wildman–Crippen MR) is 116 cm³/mol. The highest BCUT2D eigenvalue weighted by atomic mass is 16.2. The van der Waals surface area contributed by atoms with Crippen molar-refractivity contribution >= 4 is 34.8 Å². The van der Waals surface area contributed by atoms with Gasteiger partial charge in [0.2, 0.25) is 0 Å². The molecule has 2 N–H and O–H groups in total. The van der Waals surface area contributed by atoms with Gasteiger partial charge in [0.05, 0.1) is 10.9 Å². The number of nitrogens with one attached hydrogen (secondary N) is 2. The van der Waals surface area contributed by atoms with E-state index in [1.165, 1.54) is 0 Å². The van der Waals surface area contributed by atoms with E-state index in [1.807, 2.05) is 60.7 Å². The maximum absolute atomic E-state index is 13.0. The minimum Gasteiger partial charge on any atom is -0.307 e. The topological polar surface area (TPSA) is 76.0 Å². The average Bonchev–Trinajstić information content (AvgIpc) is 2.76. The molecule has 0 saturated carbocycles. The molecule has 0 aliphatic heterocycles. The van der Waals surface area contributed by atoms with E-state index in [1.54, 1.807) is 36.4 Å². The number of urea groups is 1. The van der Waals surface area contributed by atoms with Crippen LogP contribution in [0.5, 0.6) is 0 Å². The molecule has 142 valence electrons. The molecule has 2 amide bonds. The summed E-state index contributed by atoms with van der Waals surface area (Å²) in [5.41, 5.74) is 4.38. The van der Waals surface area contributed by atoms with Gasteiger partial charge in [-0.15, -0.1) is 0 Å². The summed E-state index contributed by atoms with van der Waals surface area (Å²) in [6.45, 7) is 0. The summed E-state index contributed by atoms with van der Waals surface area (Å²) < 4.78 is 1.15. The maximum Gasteiger partial charge on any atom is 0.338 e. The Bertz CT molecular complexity index is 1230.